The van der Waals surface area contributed by atoms with Gasteiger partial charge < -0.3 is 15.0 Å². The molecule has 25 heavy (non-hydrogen) atoms. The maximum absolute atomic E-state index is 12.4. The molecular formula is C19H19ClN2O3. The fraction of sp³-hybridized carbons (Fsp3) is 0.263. The summed E-state index contributed by atoms with van der Waals surface area (Å²) in [5, 5.41) is 3.38. The van der Waals surface area contributed by atoms with Crippen molar-refractivity contribution in [1.82, 2.24) is 4.90 Å². The molecule has 6 heteroatoms. The third-order valence-electron chi connectivity index (χ3n) is 4.23. The van der Waals surface area contributed by atoms with Crippen molar-refractivity contribution in [3.63, 3.8) is 0 Å². The molecule has 3 rings (SSSR count). The quantitative estimate of drug-likeness (QED) is 0.891. The summed E-state index contributed by atoms with van der Waals surface area (Å²) < 4.78 is 5.33. The standard InChI is InChI=1S/C19H19ClN2O3/c1-25-17-8-3-2-5-13(17)11-22-12-14(9-18(22)23)19(24)21-16-7-4-6-15(20)10-16/h2-8,10,14H,9,11-12H2,1H3,(H,21,24). The second-order valence-electron chi connectivity index (χ2n) is 5.99. The first kappa shape index (κ1) is 17.3. The van der Waals surface area contributed by atoms with Gasteiger partial charge in [0.15, 0.2) is 0 Å². The number of carbonyl (C=O) groups excluding carboxylic acids is 2. The summed E-state index contributed by atoms with van der Waals surface area (Å²) >= 11 is 5.93. The van der Waals surface area contributed by atoms with Gasteiger partial charge in [-0.05, 0) is 24.3 Å². The number of ether oxygens (including phenoxy) is 1. The van der Waals surface area contributed by atoms with Gasteiger partial charge in [-0.25, -0.2) is 0 Å². The topological polar surface area (TPSA) is 58.6 Å². The Morgan fingerprint density at radius 2 is 2.08 bits per heavy atom. The highest BCUT2D eigenvalue weighted by molar-refractivity contribution is 6.30. The van der Waals surface area contributed by atoms with Gasteiger partial charge in [-0.3, -0.25) is 9.59 Å². The van der Waals surface area contributed by atoms with Crippen LogP contribution in [0.4, 0.5) is 5.69 Å². The Morgan fingerprint density at radius 3 is 2.84 bits per heavy atom. The van der Waals surface area contributed by atoms with Gasteiger partial charge in [-0.2, -0.15) is 0 Å². The molecule has 130 valence electrons. The SMILES string of the molecule is COc1ccccc1CN1CC(C(=O)Nc2cccc(Cl)c2)CC1=O. The van der Waals surface area contributed by atoms with Crippen LogP contribution in [-0.2, 0) is 16.1 Å². The van der Waals surface area contributed by atoms with Crippen molar-refractivity contribution < 1.29 is 14.3 Å². The van der Waals surface area contributed by atoms with Gasteiger partial charge in [-0.15, -0.1) is 0 Å². The lowest BCUT2D eigenvalue weighted by Gasteiger charge is -2.18. The van der Waals surface area contributed by atoms with Gasteiger partial charge in [0.1, 0.15) is 5.75 Å². The van der Waals surface area contributed by atoms with Crippen molar-refractivity contribution in [3.8, 4) is 5.75 Å². The number of likely N-dealkylation sites (tertiary alicyclic amines) is 1. The maximum Gasteiger partial charge on any atom is 0.229 e. The normalized spacial score (nSPS) is 16.8. The van der Waals surface area contributed by atoms with Gasteiger partial charge >= 0.3 is 0 Å². The number of anilines is 1. The molecule has 1 saturated heterocycles. The van der Waals surface area contributed by atoms with Gasteiger partial charge in [0.25, 0.3) is 0 Å². The minimum absolute atomic E-state index is 0.0304. The summed E-state index contributed by atoms with van der Waals surface area (Å²) in [4.78, 5) is 26.4. The van der Waals surface area contributed by atoms with Crippen molar-refractivity contribution in [3.05, 3.63) is 59.1 Å². The molecular weight excluding hydrogens is 340 g/mol. The van der Waals surface area contributed by atoms with E-state index in [0.29, 0.717) is 23.8 Å². The van der Waals surface area contributed by atoms with E-state index in [1.165, 1.54) is 0 Å². The fourth-order valence-corrected chi connectivity index (χ4v) is 3.14. The molecule has 1 atom stereocenters. The van der Waals surface area contributed by atoms with Crippen molar-refractivity contribution in [2.24, 2.45) is 5.92 Å². The van der Waals surface area contributed by atoms with E-state index in [-0.39, 0.29) is 24.2 Å². The maximum atomic E-state index is 12.4. The molecule has 0 saturated carbocycles. The van der Waals surface area contributed by atoms with Gasteiger partial charge in [-0.1, -0.05) is 35.9 Å². The molecule has 0 radical (unpaired) electrons. The van der Waals surface area contributed by atoms with E-state index in [1.54, 1.807) is 36.3 Å². The molecule has 2 aromatic carbocycles. The molecule has 1 N–H and O–H groups in total. The van der Waals surface area contributed by atoms with Crippen LogP contribution in [0.3, 0.4) is 0 Å². The number of methoxy groups -OCH3 is 1. The lowest BCUT2D eigenvalue weighted by Crippen LogP contribution is -2.28. The van der Waals surface area contributed by atoms with Crippen molar-refractivity contribution in [1.29, 1.82) is 0 Å². The number of benzene rings is 2. The third-order valence-corrected chi connectivity index (χ3v) is 4.47. The number of carbonyl (C=O) groups is 2. The minimum atomic E-state index is -0.374. The molecule has 1 fully saturated rings. The van der Waals surface area contributed by atoms with Crippen LogP contribution in [0.15, 0.2) is 48.5 Å². The van der Waals surface area contributed by atoms with Crippen LogP contribution in [-0.4, -0.2) is 30.4 Å². The molecule has 1 aliphatic rings. The highest BCUT2D eigenvalue weighted by atomic mass is 35.5. The first-order chi connectivity index (χ1) is 12.1. The Labute approximate surface area is 151 Å². The zero-order valence-corrected chi connectivity index (χ0v) is 14.6. The number of nitrogens with zero attached hydrogens (tertiary/aromatic N) is 1. The van der Waals surface area contributed by atoms with Crippen LogP contribution in [0, 0.1) is 5.92 Å². The first-order valence-corrected chi connectivity index (χ1v) is 8.40. The highest BCUT2D eigenvalue weighted by Gasteiger charge is 2.34. The Morgan fingerprint density at radius 1 is 1.28 bits per heavy atom. The van der Waals surface area contributed by atoms with E-state index < -0.39 is 0 Å². The predicted octanol–water partition coefficient (Wildman–Crippen LogP) is 3.34. The Hall–Kier alpha value is -2.53. The molecule has 1 unspecified atom stereocenters. The van der Waals surface area contributed by atoms with E-state index in [9.17, 15) is 9.59 Å². The molecule has 2 amide bonds. The van der Waals surface area contributed by atoms with Crippen LogP contribution >= 0.6 is 11.6 Å². The average molecular weight is 359 g/mol. The highest BCUT2D eigenvalue weighted by Crippen LogP contribution is 2.25. The molecule has 0 aromatic heterocycles. The Bertz CT molecular complexity index is 794. The van der Waals surface area contributed by atoms with E-state index in [1.807, 2.05) is 24.3 Å². The summed E-state index contributed by atoms with van der Waals surface area (Å²) in [6.07, 6.45) is 0.210. The number of amides is 2. The summed E-state index contributed by atoms with van der Waals surface area (Å²) in [6.45, 7) is 0.826. The Balaban J connectivity index is 1.64. The number of hydrogen-bond donors (Lipinski definition) is 1. The van der Waals surface area contributed by atoms with Crippen molar-refractivity contribution in [2.45, 2.75) is 13.0 Å². The number of hydrogen-bond acceptors (Lipinski definition) is 3. The van der Waals surface area contributed by atoms with Crippen molar-refractivity contribution in [2.75, 3.05) is 19.0 Å². The zero-order valence-electron chi connectivity index (χ0n) is 13.9. The molecule has 0 spiro atoms. The van der Waals surface area contributed by atoms with Gasteiger partial charge in [0, 0.05) is 35.8 Å². The summed E-state index contributed by atoms with van der Waals surface area (Å²) in [6, 6.07) is 14.5. The van der Waals surface area contributed by atoms with Crippen LogP contribution in [0.2, 0.25) is 5.02 Å². The second-order valence-corrected chi connectivity index (χ2v) is 6.42. The van der Waals surface area contributed by atoms with E-state index in [4.69, 9.17) is 16.3 Å². The molecule has 2 aromatic rings. The average Bonchev–Trinajstić information content (AvgIpc) is 2.96. The predicted molar refractivity (Wildman–Crippen MR) is 96.6 cm³/mol. The third kappa shape index (κ3) is 4.12. The molecule has 5 nitrogen and oxygen atoms in total. The van der Waals surface area contributed by atoms with Gasteiger partial charge in [0.05, 0.1) is 13.0 Å². The lowest BCUT2D eigenvalue weighted by molar-refractivity contribution is -0.128. The number of para-hydroxylation sites is 1. The minimum Gasteiger partial charge on any atom is -0.496 e. The van der Waals surface area contributed by atoms with E-state index in [0.717, 1.165) is 11.3 Å². The smallest absolute Gasteiger partial charge is 0.229 e. The molecule has 1 heterocycles. The van der Waals surface area contributed by atoms with Crippen LogP contribution in [0.5, 0.6) is 5.75 Å². The van der Waals surface area contributed by atoms with E-state index in [2.05, 4.69) is 5.32 Å². The molecule has 0 bridgehead atoms. The lowest BCUT2D eigenvalue weighted by atomic mass is 10.1. The van der Waals surface area contributed by atoms with Gasteiger partial charge in [0.2, 0.25) is 11.8 Å². The monoisotopic (exact) mass is 358 g/mol. The van der Waals surface area contributed by atoms with Crippen LogP contribution < -0.4 is 10.1 Å². The summed E-state index contributed by atoms with van der Waals surface area (Å²) in [7, 11) is 1.60. The first-order valence-electron chi connectivity index (χ1n) is 8.03. The zero-order chi connectivity index (χ0) is 17.8. The molecule has 0 aliphatic carbocycles. The van der Waals surface area contributed by atoms with Crippen LogP contribution in [0.25, 0.3) is 0 Å². The number of halogens is 1. The summed E-state index contributed by atoms with van der Waals surface area (Å²) in [5.41, 5.74) is 1.56. The number of nitrogens with one attached hydrogen (secondary N) is 1. The van der Waals surface area contributed by atoms with E-state index >= 15 is 0 Å². The Kier molecular flexibility index (Phi) is 5.24. The van der Waals surface area contributed by atoms with Crippen molar-refractivity contribution >= 4 is 29.1 Å². The summed E-state index contributed by atoms with van der Waals surface area (Å²) in [5.74, 6) is 0.165. The molecule has 1 aliphatic heterocycles. The second kappa shape index (κ2) is 7.57. The largest absolute Gasteiger partial charge is 0.496 e. The van der Waals surface area contributed by atoms with Crippen LogP contribution in [0.1, 0.15) is 12.0 Å². The number of rotatable bonds is 5. The fourth-order valence-electron chi connectivity index (χ4n) is 2.95.